The van der Waals surface area contributed by atoms with Gasteiger partial charge in [-0.1, -0.05) is 18.2 Å². The van der Waals surface area contributed by atoms with E-state index in [1.165, 1.54) is 0 Å². The molecule has 0 aliphatic heterocycles. The zero-order chi connectivity index (χ0) is 19.6. The van der Waals surface area contributed by atoms with Gasteiger partial charge in [0.2, 0.25) is 5.91 Å². The Morgan fingerprint density at radius 1 is 1.04 bits per heavy atom. The average molecular weight is 368 g/mol. The van der Waals surface area contributed by atoms with Crippen molar-refractivity contribution in [2.45, 2.75) is 26.8 Å². The Morgan fingerprint density at radius 3 is 2.48 bits per heavy atom. The summed E-state index contributed by atoms with van der Waals surface area (Å²) < 4.78 is 16.9. The first-order valence-electron chi connectivity index (χ1n) is 8.67. The van der Waals surface area contributed by atoms with E-state index in [0.717, 1.165) is 22.4 Å². The largest absolute Gasteiger partial charge is 0.493 e. The van der Waals surface area contributed by atoms with Crippen LogP contribution in [0.4, 0.5) is 0 Å². The maximum absolute atomic E-state index is 11.4. The highest BCUT2D eigenvalue weighted by atomic mass is 16.5. The lowest BCUT2D eigenvalue weighted by atomic mass is 10.1. The topological polar surface area (TPSA) is 80.6 Å². The Labute approximate surface area is 159 Å². The first kappa shape index (κ1) is 20.1. The van der Waals surface area contributed by atoms with Gasteiger partial charge in [-0.2, -0.15) is 5.26 Å². The minimum atomic E-state index is -0.305. The first-order chi connectivity index (χ1) is 13.0. The number of hydrogen-bond donors (Lipinski definition) is 1. The summed E-state index contributed by atoms with van der Waals surface area (Å²) in [5.41, 5.74) is 3.09. The number of amides is 1. The van der Waals surface area contributed by atoms with Crippen molar-refractivity contribution in [2.24, 2.45) is 0 Å². The molecular formula is C21H24N2O4. The standard InChI is InChI=1S/C21H24N2O4/c1-15-4-5-16(2)19(12-15)27-11-10-26-18-7-6-17(13-20(18)25-3)14-23-21(24)8-9-22/h4-7,12-13H,8,10-11,14H2,1-3H3,(H,23,24). The van der Waals surface area contributed by atoms with Crippen LogP contribution in [0.15, 0.2) is 36.4 Å². The fraction of sp³-hybridized carbons (Fsp3) is 0.333. The number of nitrogens with one attached hydrogen (secondary N) is 1. The van der Waals surface area contributed by atoms with Crippen LogP contribution in [0.3, 0.4) is 0 Å². The minimum absolute atomic E-state index is 0.154. The molecule has 0 saturated heterocycles. The maximum Gasteiger partial charge on any atom is 0.234 e. The molecule has 0 atom stereocenters. The number of ether oxygens (including phenoxy) is 3. The molecule has 0 aliphatic rings. The van der Waals surface area contributed by atoms with Crippen LogP contribution in [0.2, 0.25) is 0 Å². The highest BCUT2D eigenvalue weighted by Crippen LogP contribution is 2.28. The summed E-state index contributed by atoms with van der Waals surface area (Å²) in [6, 6.07) is 13.3. The Hall–Kier alpha value is -3.20. The van der Waals surface area contributed by atoms with Gasteiger partial charge in [0.1, 0.15) is 25.4 Å². The molecule has 0 heterocycles. The van der Waals surface area contributed by atoms with Gasteiger partial charge in [-0.05, 0) is 48.7 Å². The summed E-state index contributed by atoms with van der Waals surface area (Å²) in [5, 5.41) is 11.2. The van der Waals surface area contributed by atoms with Gasteiger partial charge in [0.25, 0.3) is 0 Å². The van der Waals surface area contributed by atoms with Crippen molar-refractivity contribution in [3.8, 4) is 23.3 Å². The second-order valence-electron chi connectivity index (χ2n) is 6.06. The van der Waals surface area contributed by atoms with E-state index in [2.05, 4.69) is 5.32 Å². The predicted octanol–water partition coefficient (Wildman–Crippen LogP) is 3.30. The lowest BCUT2D eigenvalue weighted by Crippen LogP contribution is -2.21. The van der Waals surface area contributed by atoms with Crippen molar-refractivity contribution in [2.75, 3.05) is 20.3 Å². The van der Waals surface area contributed by atoms with Crippen LogP contribution in [0.5, 0.6) is 17.2 Å². The summed E-state index contributed by atoms with van der Waals surface area (Å²) in [7, 11) is 1.56. The summed E-state index contributed by atoms with van der Waals surface area (Å²) in [5.74, 6) is 1.73. The molecule has 0 bridgehead atoms. The quantitative estimate of drug-likeness (QED) is 0.687. The van der Waals surface area contributed by atoms with Crippen LogP contribution < -0.4 is 19.5 Å². The second kappa shape index (κ2) is 10.1. The molecule has 2 aromatic carbocycles. The lowest BCUT2D eigenvalue weighted by molar-refractivity contribution is -0.120. The van der Waals surface area contributed by atoms with Gasteiger partial charge in [0.15, 0.2) is 11.5 Å². The maximum atomic E-state index is 11.4. The van der Waals surface area contributed by atoms with Crippen molar-refractivity contribution >= 4 is 5.91 Å². The van der Waals surface area contributed by atoms with Gasteiger partial charge < -0.3 is 19.5 Å². The Bertz CT molecular complexity index is 827. The summed E-state index contributed by atoms with van der Waals surface area (Å²) in [6.07, 6.45) is -0.154. The number of hydrogen-bond acceptors (Lipinski definition) is 5. The Kier molecular flexibility index (Phi) is 7.50. The van der Waals surface area contributed by atoms with Crippen LogP contribution in [0.25, 0.3) is 0 Å². The molecule has 0 spiro atoms. The molecule has 142 valence electrons. The minimum Gasteiger partial charge on any atom is -0.493 e. The lowest BCUT2D eigenvalue weighted by Gasteiger charge is -2.14. The normalized spacial score (nSPS) is 10.0. The number of nitrogens with zero attached hydrogens (tertiary/aromatic N) is 1. The summed E-state index contributed by atoms with van der Waals surface area (Å²) in [6.45, 7) is 5.15. The fourth-order valence-electron chi connectivity index (χ4n) is 2.44. The zero-order valence-corrected chi connectivity index (χ0v) is 15.9. The number of benzene rings is 2. The fourth-order valence-corrected chi connectivity index (χ4v) is 2.44. The first-order valence-corrected chi connectivity index (χ1v) is 8.67. The molecule has 0 saturated carbocycles. The van der Waals surface area contributed by atoms with E-state index >= 15 is 0 Å². The second-order valence-corrected chi connectivity index (χ2v) is 6.06. The van der Waals surface area contributed by atoms with E-state index in [-0.39, 0.29) is 12.3 Å². The molecule has 0 aliphatic carbocycles. The van der Waals surface area contributed by atoms with Crippen molar-refractivity contribution in [1.29, 1.82) is 5.26 Å². The van der Waals surface area contributed by atoms with Gasteiger partial charge >= 0.3 is 0 Å². The zero-order valence-electron chi connectivity index (χ0n) is 15.9. The molecule has 6 heteroatoms. The van der Waals surface area contributed by atoms with Crippen molar-refractivity contribution < 1.29 is 19.0 Å². The molecule has 0 unspecified atom stereocenters. The molecule has 2 aromatic rings. The van der Waals surface area contributed by atoms with Crippen LogP contribution in [0.1, 0.15) is 23.1 Å². The molecular weight excluding hydrogens is 344 g/mol. The van der Waals surface area contributed by atoms with Gasteiger partial charge in [0.05, 0.1) is 13.2 Å². The summed E-state index contributed by atoms with van der Waals surface area (Å²) >= 11 is 0. The molecule has 0 aromatic heterocycles. The number of carbonyl (C=O) groups excluding carboxylic acids is 1. The van der Waals surface area contributed by atoms with E-state index in [1.54, 1.807) is 19.2 Å². The number of nitriles is 1. The molecule has 0 radical (unpaired) electrons. The average Bonchev–Trinajstić information content (AvgIpc) is 2.66. The van der Waals surface area contributed by atoms with Crippen LogP contribution >= 0.6 is 0 Å². The monoisotopic (exact) mass is 368 g/mol. The third-order valence-electron chi connectivity index (χ3n) is 3.90. The molecule has 6 nitrogen and oxygen atoms in total. The summed E-state index contributed by atoms with van der Waals surface area (Å²) in [4.78, 5) is 11.4. The Morgan fingerprint density at radius 2 is 1.78 bits per heavy atom. The SMILES string of the molecule is COc1cc(CNC(=O)CC#N)ccc1OCCOc1cc(C)ccc1C. The third kappa shape index (κ3) is 6.23. The smallest absolute Gasteiger partial charge is 0.234 e. The van der Waals surface area contributed by atoms with Crippen molar-refractivity contribution in [3.63, 3.8) is 0 Å². The van der Waals surface area contributed by atoms with E-state index in [9.17, 15) is 4.79 Å². The number of methoxy groups -OCH3 is 1. The van der Waals surface area contributed by atoms with Crippen LogP contribution in [0, 0.1) is 25.2 Å². The van der Waals surface area contributed by atoms with Gasteiger partial charge in [-0.15, -0.1) is 0 Å². The highest BCUT2D eigenvalue weighted by molar-refractivity contribution is 5.77. The van der Waals surface area contributed by atoms with E-state index in [4.69, 9.17) is 19.5 Å². The number of aryl methyl sites for hydroxylation is 2. The van der Waals surface area contributed by atoms with Gasteiger partial charge in [-0.25, -0.2) is 0 Å². The van der Waals surface area contributed by atoms with Gasteiger partial charge in [-0.3, -0.25) is 4.79 Å². The molecule has 2 rings (SSSR count). The van der Waals surface area contributed by atoms with Crippen LogP contribution in [-0.4, -0.2) is 26.2 Å². The van der Waals surface area contributed by atoms with E-state index in [1.807, 2.05) is 44.2 Å². The number of rotatable bonds is 9. The molecule has 27 heavy (non-hydrogen) atoms. The predicted molar refractivity (Wildman–Crippen MR) is 102 cm³/mol. The third-order valence-corrected chi connectivity index (χ3v) is 3.90. The molecule has 1 N–H and O–H groups in total. The van der Waals surface area contributed by atoms with Crippen molar-refractivity contribution in [1.82, 2.24) is 5.32 Å². The highest BCUT2D eigenvalue weighted by Gasteiger charge is 2.08. The van der Waals surface area contributed by atoms with E-state index < -0.39 is 0 Å². The Balaban J connectivity index is 1.87. The van der Waals surface area contributed by atoms with Crippen LogP contribution in [-0.2, 0) is 11.3 Å². The number of carbonyl (C=O) groups is 1. The van der Waals surface area contributed by atoms with E-state index in [0.29, 0.717) is 31.3 Å². The van der Waals surface area contributed by atoms with Gasteiger partial charge in [0, 0.05) is 6.54 Å². The van der Waals surface area contributed by atoms with Crippen molar-refractivity contribution in [3.05, 3.63) is 53.1 Å². The molecule has 1 amide bonds. The molecule has 0 fully saturated rings.